The Hall–Kier alpha value is -3.32. The minimum Gasteiger partial charge on any atom is -0.323 e. The molecule has 0 spiro atoms. The van der Waals surface area contributed by atoms with Crippen molar-refractivity contribution in [1.29, 1.82) is 0 Å². The van der Waals surface area contributed by atoms with Crippen LogP contribution in [-0.2, 0) is 18.4 Å². The molecule has 0 bridgehead atoms. The van der Waals surface area contributed by atoms with Crippen molar-refractivity contribution in [1.82, 2.24) is 18.9 Å². The lowest BCUT2D eigenvalue weighted by Gasteiger charge is -2.12. The molecular formula is C19H16ClN5O2. The smallest absolute Gasteiger partial charge is 0.323 e. The van der Waals surface area contributed by atoms with E-state index >= 15 is 0 Å². The van der Waals surface area contributed by atoms with Gasteiger partial charge < -0.3 is 5.32 Å². The first kappa shape index (κ1) is 17.1. The van der Waals surface area contributed by atoms with Crippen LogP contribution in [0, 0.1) is 0 Å². The third-order valence-corrected chi connectivity index (χ3v) is 4.57. The van der Waals surface area contributed by atoms with Gasteiger partial charge in [-0.1, -0.05) is 23.7 Å². The molecule has 0 aliphatic rings. The molecule has 7 nitrogen and oxygen atoms in total. The van der Waals surface area contributed by atoms with Gasteiger partial charge in [0.05, 0.1) is 22.4 Å². The van der Waals surface area contributed by atoms with E-state index in [1.807, 2.05) is 24.3 Å². The number of aryl methyl sites for hydroxylation is 1. The van der Waals surface area contributed by atoms with E-state index in [1.54, 1.807) is 48.4 Å². The second-order valence-corrected chi connectivity index (χ2v) is 6.51. The summed E-state index contributed by atoms with van der Waals surface area (Å²) in [5, 5.41) is 7.52. The van der Waals surface area contributed by atoms with E-state index in [-0.39, 0.29) is 18.1 Å². The topological polar surface area (TPSA) is 73.8 Å². The van der Waals surface area contributed by atoms with Crippen molar-refractivity contribution in [2.24, 2.45) is 7.05 Å². The Morgan fingerprint density at radius 3 is 2.67 bits per heavy atom. The van der Waals surface area contributed by atoms with Crippen molar-refractivity contribution in [3.05, 3.63) is 76.4 Å². The van der Waals surface area contributed by atoms with Gasteiger partial charge >= 0.3 is 5.69 Å². The Morgan fingerprint density at radius 2 is 1.93 bits per heavy atom. The molecule has 0 radical (unpaired) electrons. The number of hydrogen-bond acceptors (Lipinski definition) is 3. The number of halogens is 1. The van der Waals surface area contributed by atoms with Gasteiger partial charge in [-0.15, -0.1) is 0 Å². The number of imidazole rings is 1. The average molecular weight is 382 g/mol. The normalized spacial score (nSPS) is 11.0. The summed E-state index contributed by atoms with van der Waals surface area (Å²) in [6, 6.07) is 14.3. The molecule has 0 aliphatic carbocycles. The number of hydrogen-bond donors (Lipinski definition) is 1. The number of anilines is 1. The Balaban J connectivity index is 1.66. The largest absolute Gasteiger partial charge is 0.329 e. The minimum atomic E-state index is -0.330. The van der Waals surface area contributed by atoms with Gasteiger partial charge in [0.25, 0.3) is 0 Å². The zero-order valence-electron chi connectivity index (χ0n) is 14.5. The molecule has 4 aromatic rings. The van der Waals surface area contributed by atoms with Crippen LogP contribution in [0.25, 0.3) is 16.7 Å². The summed E-state index contributed by atoms with van der Waals surface area (Å²) < 4.78 is 4.61. The fraction of sp³-hybridized carbons (Fsp3) is 0.105. The van der Waals surface area contributed by atoms with Gasteiger partial charge in [-0.2, -0.15) is 5.10 Å². The van der Waals surface area contributed by atoms with Crippen molar-refractivity contribution in [2.75, 3.05) is 5.32 Å². The highest BCUT2D eigenvalue weighted by Crippen LogP contribution is 2.24. The summed E-state index contributed by atoms with van der Waals surface area (Å²) in [5.41, 5.74) is 2.44. The Labute approximate surface area is 159 Å². The van der Waals surface area contributed by atoms with Crippen LogP contribution in [0.15, 0.2) is 65.7 Å². The molecule has 0 aliphatic heterocycles. The van der Waals surface area contributed by atoms with Gasteiger partial charge in [0.1, 0.15) is 6.54 Å². The third kappa shape index (κ3) is 3.13. The van der Waals surface area contributed by atoms with Crippen LogP contribution in [0.3, 0.4) is 0 Å². The minimum absolute atomic E-state index is 0.106. The van der Waals surface area contributed by atoms with Crippen LogP contribution < -0.4 is 11.0 Å². The van der Waals surface area contributed by atoms with Crippen molar-refractivity contribution >= 4 is 34.2 Å². The Morgan fingerprint density at radius 1 is 1.15 bits per heavy atom. The molecule has 136 valence electrons. The van der Waals surface area contributed by atoms with Crippen molar-refractivity contribution in [3.8, 4) is 5.69 Å². The number of fused-ring (bicyclic) bond motifs is 1. The van der Waals surface area contributed by atoms with Crippen LogP contribution in [0.5, 0.6) is 0 Å². The molecule has 27 heavy (non-hydrogen) atoms. The number of amides is 1. The first-order valence-corrected chi connectivity index (χ1v) is 8.66. The predicted octanol–water partition coefficient (Wildman–Crippen LogP) is 2.82. The summed E-state index contributed by atoms with van der Waals surface area (Å²) in [6.45, 7) is -0.106. The molecule has 0 fully saturated rings. The van der Waals surface area contributed by atoms with Gasteiger partial charge in [0.2, 0.25) is 5.91 Å². The maximum atomic E-state index is 12.7. The first-order chi connectivity index (χ1) is 13.0. The number of aromatic nitrogens is 4. The summed E-state index contributed by atoms with van der Waals surface area (Å²) in [4.78, 5) is 25.2. The number of rotatable bonds is 4. The van der Waals surface area contributed by atoms with Crippen LogP contribution in [0.4, 0.5) is 5.69 Å². The molecule has 0 saturated carbocycles. The van der Waals surface area contributed by atoms with Gasteiger partial charge in [-0.25, -0.2) is 9.48 Å². The van der Waals surface area contributed by atoms with Gasteiger partial charge in [0.15, 0.2) is 0 Å². The highest BCUT2D eigenvalue weighted by atomic mass is 35.5. The standard InChI is InChI=1S/C19H16ClN5O2/c1-23-16-5-2-3-6-17(16)24(19(23)27)12-18(26)22-14-11-13(20)7-8-15(14)25-10-4-9-21-25/h2-11H,12H2,1H3,(H,22,26). The lowest BCUT2D eigenvalue weighted by Crippen LogP contribution is -2.28. The van der Waals surface area contributed by atoms with Crippen LogP contribution in [0.2, 0.25) is 5.02 Å². The van der Waals surface area contributed by atoms with E-state index in [0.29, 0.717) is 21.9 Å². The number of nitrogens with zero attached hydrogens (tertiary/aromatic N) is 4. The maximum absolute atomic E-state index is 12.7. The van der Waals surface area contributed by atoms with Crippen molar-refractivity contribution in [2.45, 2.75) is 6.54 Å². The molecular weight excluding hydrogens is 366 g/mol. The summed E-state index contributed by atoms with van der Waals surface area (Å²) in [6.07, 6.45) is 3.42. The maximum Gasteiger partial charge on any atom is 0.329 e. The quantitative estimate of drug-likeness (QED) is 0.590. The van der Waals surface area contributed by atoms with Crippen molar-refractivity contribution < 1.29 is 4.79 Å². The SMILES string of the molecule is Cn1c(=O)n(CC(=O)Nc2cc(Cl)ccc2-n2cccn2)c2ccccc21. The van der Waals surface area contributed by atoms with Crippen molar-refractivity contribution in [3.63, 3.8) is 0 Å². The molecule has 2 aromatic heterocycles. The van der Waals surface area contributed by atoms with Crippen LogP contribution in [-0.4, -0.2) is 24.8 Å². The molecule has 1 N–H and O–H groups in total. The van der Waals surface area contributed by atoms with Crippen LogP contribution in [0.1, 0.15) is 0 Å². The van der Waals surface area contributed by atoms with E-state index < -0.39 is 0 Å². The molecule has 0 atom stereocenters. The van der Waals surface area contributed by atoms with Gasteiger partial charge in [-0.3, -0.25) is 13.9 Å². The fourth-order valence-electron chi connectivity index (χ4n) is 3.07. The molecule has 2 heterocycles. The lowest BCUT2D eigenvalue weighted by molar-refractivity contribution is -0.116. The lowest BCUT2D eigenvalue weighted by atomic mass is 10.2. The molecule has 0 saturated heterocycles. The zero-order valence-corrected chi connectivity index (χ0v) is 15.2. The second kappa shape index (κ2) is 6.77. The second-order valence-electron chi connectivity index (χ2n) is 6.08. The van der Waals surface area contributed by atoms with Crippen LogP contribution >= 0.6 is 11.6 Å². The summed E-state index contributed by atoms with van der Waals surface area (Å²) in [5.74, 6) is -0.330. The molecule has 4 rings (SSSR count). The number of carbonyl (C=O) groups is 1. The van der Waals surface area contributed by atoms with E-state index in [1.165, 1.54) is 9.13 Å². The van der Waals surface area contributed by atoms with E-state index in [2.05, 4.69) is 10.4 Å². The highest BCUT2D eigenvalue weighted by Gasteiger charge is 2.15. The zero-order chi connectivity index (χ0) is 19.0. The van der Waals surface area contributed by atoms with E-state index in [9.17, 15) is 9.59 Å². The summed E-state index contributed by atoms with van der Waals surface area (Å²) >= 11 is 6.09. The van der Waals surface area contributed by atoms with Gasteiger partial charge in [0, 0.05) is 24.5 Å². The Bertz CT molecular complexity index is 1190. The molecule has 1 amide bonds. The predicted molar refractivity (Wildman–Crippen MR) is 104 cm³/mol. The Kier molecular flexibility index (Phi) is 4.29. The highest BCUT2D eigenvalue weighted by molar-refractivity contribution is 6.31. The van der Waals surface area contributed by atoms with E-state index in [0.717, 1.165) is 5.52 Å². The summed E-state index contributed by atoms with van der Waals surface area (Å²) in [7, 11) is 1.69. The molecule has 0 unspecified atom stereocenters. The monoisotopic (exact) mass is 381 g/mol. The number of para-hydroxylation sites is 2. The third-order valence-electron chi connectivity index (χ3n) is 4.34. The fourth-order valence-corrected chi connectivity index (χ4v) is 3.24. The average Bonchev–Trinajstić information content (AvgIpc) is 3.26. The first-order valence-electron chi connectivity index (χ1n) is 8.28. The number of benzene rings is 2. The molecule has 2 aromatic carbocycles. The van der Waals surface area contributed by atoms with E-state index in [4.69, 9.17) is 11.6 Å². The number of carbonyl (C=O) groups excluding carboxylic acids is 1. The van der Waals surface area contributed by atoms with Gasteiger partial charge in [-0.05, 0) is 36.4 Å². The molecule has 8 heteroatoms. The number of nitrogens with one attached hydrogen (secondary N) is 1.